The summed E-state index contributed by atoms with van der Waals surface area (Å²) in [6.45, 7) is 7.70. The Kier molecular flexibility index (Phi) is 33.6. The minimum absolute atomic E-state index is 0. The SMILES string of the molecule is C=C(C)C(=O)OCCCC(F)(F)C(F)(F)S(=O)(=O)[O-].C=C(C)C(=O)OCCCC(F)(F)C(F)(F)S(=O)(=O)[O-].O=S(=O)(c1ccc([S+](c2ccccc2)c2ccccc2)cc1)C1CCCCC1.O=S(=O)(c1ccc([S+](c2ccccc2)c2ccccc2)cc1)C1CCCCC1.[Cl-].[Na+]. The Labute approximate surface area is 590 Å². The molecule has 0 unspecified atom stereocenters. The Balaban J connectivity index is 0.000000338. The molecule has 30 heteroatoms. The average Bonchev–Trinajstić information content (AvgIpc) is 0.805. The molecule has 0 atom stereocenters. The van der Waals surface area contributed by atoms with Crippen LogP contribution in [-0.2, 0) is 80.8 Å². The number of hydrogen-bond acceptors (Lipinski definition) is 14. The van der Waals surface area contributed by atoms with Gasteiger partial charge in [0.1, 0.15) is 0 Å². The van der Waals surface area contributed by atoms with Crippen molar-refractivity contribution in [3.05, 3.63) is 194 Å². The van der Waals surface area contributed by atoms with Crippen LogP contribution in [0.25, 0.3) is 0 Å². The molecule has 96 heavy (non-hydrogen) atoms. The molecule has 2 saturated carbocycles. The monoisotopic (exact) mass is 1490 g/mol. The molecule has 0 aromatic heterocycles. The third kappa shape index (κ3) is 23.5. The Morgan fingerprint density at radius 2 is 0.656 bits per heavy atom. The number of alkyl halides is 8. The molecule has 520 valence electrons. The largest absolute Gasteiger partial charge is 1.00 e. The molecular weight excluding hydrogens is 1420 g/mol. The van der Waals surface area contributed by atoms with Gasteiger partial charge in [-0.05, 0) is 149 Å². The van der Waals surface area contributed by atoms with E-state index in [0.29, 0.717) is 9.79 Å². The zero-order valence-electron chi connectivity index (χ0n) is 52.6. The Morgan fingerprint density at radius 1 is 0.427 bits per heavy atom. The normalized spacial score (nSPS) is 14.3. The van der Waals surface area contributed by atoms with Crippen molar-refractivity contribution in [2.24, 2.45) is 0 Å². The third-order valence-corrected chi connectivity index (χ3v) is 25.5. The molecule has 0 radical (unpaired) electrons. The van der Waals surface area contributed by atoms with Crippen LogP contribution in [0.3, 0.4) is 0 Å². The topological polar surface area (TPSA) is 235 Å². The van der Waals surface area contributed by atoms with Gasteiger partial charge in [0.05, 0.1) is 55.3 Å². The van der Waals surface area contributed by atoms with Gasteiger partial charge in [-0.15, -0.1) is 0 Å². The quantitative estimate of drug-likeness (QED) is 0.0105. The van der Waals surface area contributed by atoms with Crippen LogP contribution in [0.1, 0.15) is 104 Å². The maximum absolute atomic E-state index is 13.0. The van der Waals surface area contributed by atoms with Crippen molar-refractivity contribution in [1.82, 2.24) is 0 Å². The van der Waals surface area contributed by atoms with E-state index < -0.39 is 113 Å². The first kappa shape index (κ1) is 85.1. The van der Waals surface area contributed by atoms with Gasteiger partial charge in [0.2, 0.25) is 0 Å². The summed E-state index contributed by atoms with van der Waals surface area (Å²) >= 11 is 0. The van der Waals surface area contributed by atoms with E-state index >= 15 is 0 Å². The molecule has 0 bridgehead atoms. The van der Waals surface area contributed by atoms with Crippen molar-refractivity contribution in [1.29, 1.82) is 0 Å². The maximum Gasteiger partial charge on any atom is 1.00 e. The van der Waals surface area contributed by atoms with E-state index in [-0.39, 0.29) is 85.4 Å². The number of halogens is 9. The first-order valence-electron chi connectivity index (χ1n) is 29.4. The third-order valence-electron chi connectivity index (χ3n) is 14.6. The molecule has 0 N–H and O–H groups in total. The van der Waals surface area contributed by atoms with Crippen molar-refractivity contribution >= 4 is 73.6 Å². The van der Waals surface area contributed by atoms with Gasteiger partial charge >= 0.3 is 63.9 Å². The van der Waals surface area contributed by atoms with E-state index in [1.807, 2.05) is 72.8 Å². The summed E-state index contributed by atoms with van der Waals surface area (Å²) in [5.41, 5.74) is -0.0292. The molecule has 2 fully saturated rings. The van der Waals surface area contributed by atoms with Crippen LogP contribution in [0.5, 0.6) is 0 Å². The van der Waals surface area contributed by atoms with Crippen LogP contribution in [0.15, 0.2) is 233 Å². The van der Waals surface area contributed by atoms with Crippen LogP contribution < -0.4 is 42.0 Å². The second-order valence-electron chi connectivity index (χ2n) is 21.8. The Hall–Kier alpha value is -5.11. The van der Waals surface area contributed by atoms with Crippen molar-refractivity contribution in [3.8, 4) is 0 Å². The van der Waals surface area contributed by atoms with Crippen molar-refractivity contribution < 1.29 is 139 Å². The fourth-order valence-corrected chi connectivity index (χ4v) is 18.3. The first-order chi connectivity index (χ1) is 44.0. The predicted molar refractivity (Wildman–Crippen MR) is 340 cm³/mol. The standard InChI is InChI=1S/2C24H25O2S2.2C9H12F4O5S.ClH.Na/c2*25-28(26,23-14-8-3-9-15-23)24-18-16-22(17-19-24)27(20-10-4-1-5-11-20)21-12-6-2-7-13-21;2*1-6(2)7(14)18-5-3-4-8(10,11)9(12,13)19(15,16)17;;/h2*1-2,4-7,10-13,16-19,23H,3,8-9,14-15H2;2*1,3-5H2,2H3,(H,15,16,17);1H;/q2*+1;;;;+1/p-3. The molecule has 0 aliphatic heterocycles. The number of ether oxygens (including phenoxy) is 2. The molecule has 14 nitrogen and oxygen atoms in total. The van der Waals surface area contributed by atoms with Gasteiger partial charge in [-0.3, -0.25) is 0 Å². The molecule has 8 rings (SSSR count). The number of rotatable bonds is 24. The van der Waals surface area contributed by atoms with Crippen molar-refractivity contribution in [3.63, 3.8) is 0 Å². The summed E-state index contributed by atoms with van der Waals surface area (Å²) in [5, 5.41) is -11.8. The number of benzene rings is 6. The van der Waals surface area contributed by atoms with Gasteiger partial charge in [0, 0.05) is 24.0 Å². The Bertz CT molecular complexity index is 3580. The van der Waals surface area contributed by atoms with Crippen LogP contribution in [0, 0.1) is 0 Å². The van der Waals surface area contributed by atoms with Gasteiger partial charge in [-0.1, -0.05) is 124 Å². The fraction of sp³-hybridized carbons (Fsp3) is 0.364. The Morgan fingerprint density at radius 3 is 0.875 bits per heavy atom. The molecule has 6 aromatic carbocycles. The van der Waals surface area contributed by atoms with E-state index in [1.165, 1.54) is 33.4 Å². The van der Waals surface area contributed by atoms with Gasteiger partial charge in [-0.2, -0.15) is 35.1 Å². The van der Waals surface area contributed by atoms with Gasteiger partial charge in [0.25, 0.3) is 0 Å². The van der Waals surface area contributed by atoms with Gasteiger partial charge in [-0.25, -0.2) is 43.3 Å². The molecule has 6 aromatic rings. The van der Waals surface area contributed by atoms with Crippen LogP contribution in [0.2, 0.25) is 0 Å². The van der Waals surface area contributed by atoms with Crippen molar-refractivity contribution in [2.75, 3.05) is 13.2 Å². The smallest absolute Gasteiger partial charge is 1.00 e. The summed E-state index contributed by atoms with van der Waals surface area (Å²) in [6, 6.07) is 56.9. The summed E-state index contributed by atoms with van der Waals surface area (Å²) in [7, 11) is -19.9. The molecule has 2 aliphatic rings. The molecule has 0 saturated heterocycles. The second kappa shape index (κ2) is 37.9. The van der Waals surface area contributed by atoms with Crippen molar-refractivity contribution in [2.45, 2.75) is 176 Å². The summed E-state index contributed by atoms with van der Waals surface area (Å²) in [6.07, 6.45) is 4.85. The van der Waals surface area contributed by atoms with E-state index in [9.17, 15) is 87.5 Å². The van der Waals surface area contributed by atoms with E-state index in [4.69, 9.17) is 0 Å². The van der Waals surface area contributed by atoms with Gasteiger partial charge in [0.15, 0.2) is 69.3 Å². The second-order valence-corrected chi connectivity index (χ2v) is 33.2. The molecule has 0 heterocycles. The zero-order chi connectivity index (χ0) is 69.8. The molecule has 0 amide bonds. The van der Waals surface area contributed by atoms with Crippen LogP contribution in [0.4, 0.5) is 35.1 Å². The van der Waals surface area contributed by atoms with Gasteiger partial charge < -0.3 is 31.0 Å². The fourth-order valence-electron chi connectivity index (χ4n) is 9.53. The number of esters is 2. The molecule has 2 aliphatic carbocycles. The molecular formula is C66H72ClF8NaO14S6. The van der Waals surface area contributed by atoms with E-state index in [0.717, 1.165) is 74.0 Å². The average molecular weight is 1490 g/mol. The van der Waals surface area contributed by atoms with Crippen LogP contribution >= 0.6 is 0 Å². The number of sulfone groups is 2. The number of hydrogen-bond donors (Lipinski definition) is 0. The summed E-state index contributed by atoms with van der Waals surface area (Å²) in [5.74, 6) is -11.9. The number of carbonyl (C=O) groups excluding carboxylic acids is 2. The summed E-state index contributed by atoms with van der Waals surface area (Å²) < 4.78 is 223. The van der Waals surface area contributed by atoms with E-state index in [1.54, 1.807) is 0 Å². The zero-order valence-corrected chi connectivity index (χ0v) is 60.3. The minimum atomic E-state index is -6.48. The minimum Gasteiger partial charge on any atom is -1.00 e. The predicted octanol–water partition coefficient (Wildman–Crippen LogP) is 9.10. The first-order valence-corrected chi connectivity index (χ1v) is 37.8. The van der Waals surface area contributed by atoms with Crippen LogP contribution in [-0.4, -0.2) is 101 Å². The summed E-state index contributed by atoms with van der Waals surface area (Å²) in [4.78, 5) is 29.8. The molecule has 0 spiro atoms. The van der Waals surface area contributed by atoms with E-state index in [2.05, 4.69) is 120 Å². The number of carbonyl (C=O) groups is 2. The maximum atomic E-state index is 13.0.